The monoisotopic (exact) mass is 252 g/mol. The maximum Gasteiger partial charge on any atom is 0.123 e. The van der Waals surface area contributed by atoms with Gasteiger partial charge in [-0.05, 0) is 31.7 Å². The Kier molecular flexibility index (Phi) is 4.69. The van der Waals surface area contributed by atoms with Crippen LogP contribution in [0.2, 0.25) is 0 Å². The van der Waals surface area contributed by atoms with E-state index in [4.69, 9.17) is 4.74 Å². The summed E-state index contributed by atoms with van der Waals surface area (Å²) in [4.78, 5) is 2.28. The first-order valence-electron chi connectivity index (χ1n) is 6.44. The summed E-state index contributed by atoms with van der Waals surface area (Å²) in [5, 5.41) is 3.43. The summed E-state index contributed by atoms with van der Waals surface area (Å²) in [6, 6.07) is 6.85. The lowest BCUT2D eigenvalue weighted by molar-refractivity contribution is -0.0190. The molecule has 1 heterocycles. The zero-order valence-electron chi connectivity index (χ0n) is 11.0. The van der Waals surface area contributed by atoms with Gasteiger partial charge in [0.25, 0.3) is 0 Å². The maximum atomic E-state index is 12.8. The second-order valence-electron chi connectivity index (χ2n) is 4.94. The van der Waals surface area contributed by atoms with E-state index < -0.39 is 0 Å². The third-order valence-electron chi connectivity index (χ3n) is 3.36. The van der Waals surface area contributed by atoms with E-state index in [1.54, 1.807) is 0 Å². The highest BCUT2D eigenvalue weighted by molar-refractivity contribution is 5.19. The molecule has 0 amide bonds. The molecule has 0 bridgehead atoms. The van der Waals surface area contributed by atoms with E-state index in [2.05, 4.69) is 24.2 Å². The third kappa shape index (κ3) is 3.77. The Hall–Kier alpha value is -0.970. The van der Waals surface area contributed by atoms with Crippen molar-refractivity contribution in [2.75, 3.05) is 33.3 Å². The van der Waals surface area contributed by atoms with Crippen molar-refractivity contribution in [1.82, 2.24) is 10.2 Å². The van der Waals surface area contributed by atoms with Crippen LogP contribution in [-0.2, 0) is 4.74 Å². The van der Waals surface area contributed by atoms with Crippen molar-refractivity contribution in [2.24, 2.45) is 0 Å². The number of morpholine rings is 1. The number of rotatable bonds is 4. The predicted molar refractivity (Wildman–Crippen MR) is 70.1 cm³/mol. The average molecular weight is 252 g/mol. The Labute approximate surface area is 108 Å². The Morgan fingerprint density at radius 1 is 1.44 bits per heavy atom. The fourth-order valence-corrected chi connectivity index (χ4v) is 2.17. The van der Waals surface area contributed by atoms with Crippen molar-refractivity contribution >= 4 is 0 Å². The molecule has 1 saturated heterocycles. The minimum atomic E-state index is -0.191. The molecule has 18 heavy (non-hydrogen) atoms. The third-order valence-corrected chi connectivity index (χ3v) is 3.36. The van der Waals surface area contributed by atoms with Crippen molar-refractivity contribution in [1.29, 1.82) is 0 Å². The summed E-state index contributed by atoms with van der Waals surface area (Å²) in [7, 11) is 2.11. The van der Waals surface area contributed by atoms with Crippen LogP contribution in [0.4, 0.5) is 4.39 Å². The molecular weight excluding hydrogens is 231 g/mol. The molecule has 0 aromatic heterocycles. The van der Waals surface area contributed by atoms with Crippen molar-refractivity contribution in [3.63, 3.8) is 0 Å². The summed E-state index contributed by atoms with van der Waals surface area (Å²) in [5.74, 6) is -0.191. The van der Waals surface area contributed by atoms with Gasteiger partial charge in [-0.3, -0.25) is 0 Å². The van der Waals surface area contributed by atoms with Gasteiger partial charge >= 0.3 is 0 Å². The topological polar surface area (TPSA) is 24.5 Å². The summed E-state index contributed by atoms with van der Waals surface area (Å²) in [5.41, 5.74) is 1.10. The quantitative estimate of drug-likeness (QED) is 0.884. The highest BCUT2D eigenvalue weighted by Crippen LogP contribution is 2.13. The van der Waals surface area contributed by atoms with E-state index in [-0.39, 0.29) is 18.0 Å². The molecule has 100 valence electrons. The van der Waals surface area contributed by atoms with Crippen LogP contribution in [0.1, 0.15) is 18.5 Å². The summed E-state index contributed by atoms with van der Waals surface area (Å²) < 4.78 is 18.5. The van der Waals surface area contributed by atoms with Crippen LogP contribution in [0.25, 0.3) is 0 Å². The molecule has 1 fully saturated rings. The van der Waals surface area contributed by atoms with Crippen LogP contribution >= 0.6 is 0 Å². The van der Waals surface area contributed by atoms with E-state index in [1.807, 2.05) is 12.1 Å². The number of halogens is 1. The summed E-state index contributed by atoms with van der Waals surface area (Å²) >= 11 is 0. The average Bonchev–Trinajstić information content (AvgIpc) is 2.37. The molecular formula is C14H21FN2O. The first-order valence-corrected chi connectivity index (χ1v) is 6.44. The van der Waals surface area contributed by atoms with Gasteiger partial charge in [0.2, 0.25) is 0 Å². The van der Waals surface area contributed by atoms with Gasteiger partial charge in [-0.15, -0.1) is 0 Å². The predicted octanol–water partition coefficient (Wildman–Crippen LogP) is 1.81. The number of nitrogens with one attached hydrogen (secondary N) is 1. The van der Waals surface area contributed by atoms with Gasteiger partial charge < -0.3 is 15.0 Å². The smallest absolute Gasteiger partial charge is 0.123 e. The van der Waals surface area contributed by atoms with Crippen molar-refractivity contribution in [3.8, 4) is 0 Å². The zero-order chi connectivity index (χ0) is 13.0. The van der Waals surface area contributed by atoms with Gasteiger partial charge in [-0.1, -0.05) is 12.1 Å². The molecule has 0 saturated carbocycles. The highest BCUT2D eigenvalue weighted by Gasteiger charge is 2.18. The summed E-state index contributed by atoms with van der Waals surface area (Å²) in [6.07, 6.45) is 0.242. The highest BCUT2D eigenvalue weighted by atomic mass is 19.1. The van der Waals surface area contributed by atoms with Crippen molar-refractivity contribution in [3.05, 3.63) is 35.6 Å². The second-order valence-corrected chi connectivity index (χ2v) is 4.94. The summed E-state index contributed by atoms with van der Waals surface area (Å²) in [6.45, 7) is 5.67. The van der Waals surface area contributed by atoms with Crippen molar-refractivity contribution in [2.45, 2.75) is 19.1 Å². The van der Waals surface area contributed by atoms with Gasteiger partial charge in [-0.25, -0.2) is 4.39 Å². The van der Waals surface area contributed by atoms with E-state index in [0.717, 1.165) is 31.8 Å². The van der Waals surface area contributed by atoms with E-state index in [1.165, 1.54) is 12.1 Å². The van der Waals surface area contributed by atoms with Crippen LogP contribution in [0.15, 0.2) is 24.3 Å². The lowest BCUT2D eigenvalue weighted by atomic mass is 10.1. The Morgan fingerprint density at radius 2 is 2.17 bits per heavy atom. The SMILES string of the molecule is C[C@H](NCC1CN(C)CCO1)c1ccc(F)cc1. The van der Waals surface area contributed by atoms with E-state index in [9.17, 15) is 4.39 Å². The number of hydrogen-bond donors (Lipinski definition) is 1. The minimum Gasteiger partial charge on any atom is -0.374 e. The number of hydrogen-bond acceptors (Lipinski definition) is 3. The maximum absolute atomic E-state index is 12.8. The standard InChI is InChI=1S/C14H21FN2O/c1-11(12-3-5-13(15)6-4-12)16-9-14-10-17(2)7-8-18-14/h3-6,11,14,16H,7-10H2,1-2H3/t11-,14?/m0/s1. The molecule has 0 aliphatic carbocycles. The minimum absolute atomic E-state index is 0.191. The van der Waals surface area contributed by atoms with E-state index in [0.29, 0.717) is 0 Å². The Morgan fingerprint density at radius 3 is 2.83 bits per heavy atom. The van der Waals surface area contributed by atoms with Crippen LogP contribution in [-0.4, -0.2) is 44.3 Å². The van der Waals surface area contributed by atoms with Gasteiger partial charge in [-0.2, -0.15) is 0 Å². The van der Waals surface area contributed by atoms with Gasteiger partial charge in [0.05, 0.1) is 12.7 Å². The fraction of sp³-hybridized carbons (Fsp3) is 0.571. The molecule has 3 nitrogen and oxygen atoms in total. The fourth-order valence-electron chi connectivity index (χ4n) is 2.17. The molecule has 2 rings (SSSR count). The molecule has 2 atom stereocenters. The molecule has 1 aromatic carbocycles. The first kappa shape index (κ1) is 13.5. The molecule has 0 spiro atoms. The number of ether oxygens (including phenoxy) is 1. The first-order chi connectivity index (χ1) is 8.65. The number of likely N-dealkylation sites (N-methyl/N-ethyl adjacent to an activating group) is 1. The van der Waals surface area contributed by atoms with Crippen molar-refractivity contribution < 1.29 is 9.13 Å². The zero-order valence-corrected chi connectivity index (χ0v) is 11.0. The normalized spacial score (nSPS) is 22.9. The molecule has 1 aliphatic heterocycles. The number of nitrogens with zero attached hydrogens (tertiary/aromatic N) is 1. The van der Waals surface area contributed by atoms with Crippen LogP contribution in [0.5, 0.6) is 0 Å². The molecule has 1 aromatic rings. The molecule has 1 aliphatic rings. The lowest BCUT2D eigenvalue weighted by Gasteiger charge is -2.31. The van der Waals surface area contributed by atoms with Crippen LogP contribution < -0.4 is 5.32 Å². The molecule has 1 unspecified atom stereocenters. The molecule has 4 heteroatoms. The molecule has 0 radical (unpaired) electrons. The number of benzene rings is 1. The van der Waals surface area contributed by atoms with E-state index >= 15 is 0 Å². The second kappa shape index (κ2) is 6.27. The Balaban J connectivity index is 1.80. The largest absolute Gasteiger partial charge is 0.374 e. The molecule has 1 N–H and O–H groups in total. The van der Waals surface area contributed by atoms with Gasteiger partial charge in [0.1, 0.15) is 5.82 Å². The lowest BCUT2D eigenvalue weighted by Crippen LogP contribution is -2.45. The van der Waals surface area contributed by atoms with Gasteiger partial charge in [0, 0.05) is 25.7 Å². The Bertz CT molecular complexity index is 369. The van der Waals surface area contributed by atoms with Crippen LogP contribution in [0, 0.1) is 5.82 Å². The van der Waals surface area contributed by atoms with Gasteiger partial charge in [0.15, 0.2) is 0 Å². The van der Waals surface area contributed by atoms with Crippen LogP contribution in [0.3, 0.4) is 0 Å².